The van der Waals surface area contributed by atoms with Crippen LogP contribution in [0.1, 0.15) is 5.56 Å². The number of hydrogen-bond donors (Lipinski definition) is 1. The van der Waals surface area contributed by atoms with Crippen LogP contribution in [0.2, 0.25) is 5.02 Å². The third-order valence-electron chi connectivity index (χ3n) is 3.23. The summed E-state index contributed by atoms with van der Waals surface area (Å²) in [4.78, 5) is 4.47. The number of ether oxygens (including phenoxy) is 1. The standard InChI is InChI=1S/C15H11ClN4O/c1-21-12-5-4-9(7-10(12)8-17)13-14(18)20-6-2-3-11(16)15(20)19-13/h2-7H,18H2,1H3. The summed E-state index contributed by atoms with van der Waals surface area (Å²) in [6.45, 7) is 0. The molecule has 0 aliphatic rings. The van der Waals surface area contributed by atoms with Gasteiger partial charge >= 0.3 is 0 Å². The molecule has 0 saturated carbocycles. The predicted octanol–water partition coefficient (Wildman–Crippen LogP) is 3.12. The van der Waals surface area contributed by atoms with Gasteiger partial charge in [-0.2, -0.15) is 5.26 Å². The monoisotopic (exact) mass is 298 g/mol. The lowest BCUT2D eigenvalue weighted by molar-refractivity contribution is 0.413. The molecule has 3 aromatic rings. The van der Waals surface area contributed by atoms with Gasteiger partial charge in [0.25, 0.3) is 0 Å². The molecule has 104 valence electrons. The van der Waals surface area contributed by atoms with E-state index in [1.165, 1.54) is 7.11 Å². The fraction of sp³-hybridized carbons (Fsp3) is 0.0667. The number of pyridine rings is 1. The molecular weight excluding hydrogens is 288 g/mol. The van der Waals surface area contributed by atoms with Crippen molar-refractivity contribution in [3.8, 4) is 23.1 Å². The summed E-state index contributed by atoms with van der Waals surface area (Å²) in [7, 11) is 1.52. The Morgan fingerprint density at radius 1 is 1.38 bits per heavy atom. The van der Waals surface area contributed by atoms with E-state index >= 15 is 0 Å². The lowest BCUT2D eigenvalue weighted by atomic mass is 10.1. The molecule has 0 radical (unpaired) electrons. The quantitative estimate of drug-likeness (QED) is 0.788. The topological polar surface area (TPSA) is 76.3 Å². The van der Waals surface area contributed by atoms with Crippen molar-refractivity contribution in [2.24, 2.45) is 0 Å². The minimum Gasteiger partial charge on any atom is -0.495 e. The van der Waals surface area contributed by atoms with Crippen molar-refractivity contribution in [3.63, 3.8) is 0 Å². The van der Waals surface area contributed by atoms with Crippen LogP contribution in [0.15, 0.2) is 36.5 Å². The second kappa shape index (κ2) is 5.00. The lowest BCUT2D eigenvalue weighted by Gasteiger charge is -2.04. The van der Waals surface area contributed by atoms with Gasteiger partial charge in [-0.1, -0.05) is 11.6 Å². The number of aromatic nitrogens is 2. The molecule has 0 spiro atoms. The first-order valence-electron chi connectivity index (χ1n) is 6.16. The zero-order valence-corrected chi connectivity index (χ0v) is 11.9. The molecule has 2 aromatic heterocycles. The number of fused-ring (bicyclic) bond motifs is 1. The van der Waals surface area contributed by atoms with Crippen molar-refractivity contribution in [1.82, 2.24) is 9.38 Å². The maximum atomic E-state index is 9.17. The Morgan fingerprint density at radius 2 is 2.19 bits per heavy atom. The van der Waals surface area contributed by atoms with Crippen LogP contribution >= 0.6 is 11.6 Å². The number of benzene rings is 1. The third kappa shape index (κ3) is 2.06. The second-order valence-electron chi connectivity index (χ2n) is 4.42. The Hall–Kier alpha value is -2.71. The number of halogens is 1. The van der Waals surface area contributed by atoms with Crippen LogP contribution in [0.5, 0.6) is 5.75 Å². The Kier molecular flexibility index (Phi) is 3.16. The summed E-state index contributed by atoms with van der Waals surface area (Å²) in [5, 5.41) is 9.68. The summed E-state index contributed by atoms with van der Waals surface area (Å²) in [5.41, 5.74) is 8.47. The van der Waals surface area contributed by atoms with Crippen molar-refractivity contribution >= 4 is 23.1 Å². The molecule has 0 unspecified atom stereocenters. The highest BCUT2D eigenvalue weighted by Crippen LogP contribution is 2.31. The van der Waals surface area contributed by atoms with E-state index in [-0.39, 0.29) is 0 Å². The van der Waals surface area contributed by atoms with Crippen LogP contribution in [-0.4, -0.2) is 16.5 Å². The Balaban J connectivity index is 2.24. The second-order valence-corrected chi connectivity index (χ2v) is 4.83. The van der Waals surface area contributed by atoms with Gasteiger partial charge in [0.1, 0.15) is 23.3 Å². The fourth-order valence-corrected chi connectivity index (χ4v) is 2.41. The molecule has 0 amide bonds. The number of nitrogens with zero attached hydrogens (tertiary/aromatic N) is 3. The van der Waals surface area contributed by atoms with Gasteiger partial charge in [0, 0.05) is 11.8 Å². The van der Waals surface area contributed by atoms with Crippen molar-refractivity contribution < 1.29 is 4.74 Å². The summed E-state index contributed by atoms with van der Waals surface area (Å²) in [6.07, 6.45) is 1.79. The first-order chi connectivity index (χ1) is 10.2. The van der Waals surface area contributed by atoms with Gasteiger partial charge in [-0.3, -0.25) is 4.40 Å². The molecule has 0 atom stereocenters. The van der Waals surface area contributed by atoms with Gasteiger partial charge in [0.05, 0.1) is 17.7 Å². The van der Waals surface area contributed by atoms with E-state index in [0.717, 1.165) is 5.56 Å². The van der Waals surface area contributed by atoms with Crippen LogP contribution < -0.4 is 10.5 Å². The SMILES string of the molecule is COc1ccc(-c2nc3c(Cl)cccn3c2N)cc1C#N. The van der Waals surface area contributed by atoms with Crippen LogP contribution in [0.3, 0.4) is 0 Å². The zero-order valence-electron chi connectivity index (χ0n) is 11.2. The van der Waals surface area contributed by atoms with E-state index in [1.54, 1.807) is 34.9 Å². The molecule has 0 aliphatic carbocycles. The maximum Gasteiger partial charge on any atom is 0.157 e. The molecule has 0 aliphatic heterocycles. The molecule has 0 saturated heterocycles. The molecule has 2 N–H and O–H groups in total. The normalized spacial score (nSPS) is 10.5. The summed E-state index contributed by atoms with van der Waals surface area (Å²) in [6, 6.07) is 10.9. The molecule has 1 aromatic carbocycles. The zero-order chi connectivity index (χ0) is 15.0. The first-order valence-corrected chi connectivity index (χ1v) is 6.54. The molecule has 6 heteroatoms. The number of imidazole rings is 1. The van der Waals surface area contributed by atoms with Gasteiger partial charge in [0.15, 0.2) is 5.65 Å². The number of hydrogen-bond acceptors (Lipinski definition) is 4. The van der Waals surface area contributed by atoms with Crippen LogP contribution in [0.25, 0.3) is 16.9 Å². The molecular formula is C15H11ClN4O. The molecule has 0 bridgehead atoms. The number of anilines is 1. The van der Waals surface area contributed by atoms with Crippen molar-refractivity contribution in [3.05, 3.63) is 47.1 Å². The van der Waals surface area contributed by atoms with Crippen molar-refractivity contribution in [2.45, 2.75) is 0 Å². The minimum absolute atomic E-state index is 0.428. The van der Waals surface area contributed by atoms with E-state index in [9.17, 15) is 0 Å². The largest absolute Gasteiger partial charge is 0.495 e. The molecule has 21 heavy (non-hydrogen) atoms. The number of nitrogens with two attached hydrogens (primary N) is 1. The van der Waals surface area contributed by atoms with Crippen molar-refractivity contribution in [1.29, 1.82) is 5.26 Å². The van der Waals surface area contributed by atoms with Crippen LogP contribution in [-0.2, 0) is 0 Å². The molecule has 5 nitrogen and oxygen atoms in total. The fourth-order valence-electron chi connectivity index (χ4n) is 2.21. The van der Waals surface area contributed by atoms with E-state index in [2.05, 4.69) is 11.1 Å². The average Bonchev–Trinajstić information content (AvgIpc) is 2.85. The van der Waals surface area contributed by atoms with Crippen molar-refractivity contribution in [2.75, 3.05) is 12.8 Å². The van der Waals surface area contributed by atoms with E-state index < -0.39 is 0 Å². The number of nitriles is 1. The van der Waals surface area contributed by atoms with E-state index in [0.29, 0.717) is 33.5 Å². The van der Waals surface area contributed by atoms with E-state index in [4.69, 9.17) is 27.3 Å². The highest BCUT2D eigenvalue weighted by Gasteiger charge is 2.14. The van der Waals surface area contributed by atoms with Gasteiger partial charge in [-0.05, 0) is 30.3 Å². The highest BCUT2D eigenvalue weighted by molar-refractivity contribution is 6.33. The lowest BCUT2D eigenvalue weighted by Crippen LogP contribution is -1.94. The van der Waals surface area contributed by atoms with Gasteiger partial charge < -0.3 is 10.5 Å². The smallest absolute Gasteiger partial charge is 0.157 e. The average molecular weight is 299 g/mol. The minimum atomic E-state index is 0.428. The first kappa shape index (κ1) is 13.3. The Bertz CT molecular complexity index is 879. The highest BCUT2D eigenvalue weighted by atomic mass is 35.5. The summed E-state index contributed by atoms with van der Waals surface area (Å²) < 4.78 is 6.85. The number of rotatable bonds is 2. The number of methoxy groups -OCH3 is 1. The van der Waals surface area contributed by atoms with E-state index in [1.807, 2.05) is 6.07 Å². The van der Waals surface area contributed by atoms with Crippen LogP contribution in [0.4, 0.5) is 5.82 Å². The van der Waals surface area contributed by atoms with Crippen LogP contribution in [0, 0.1) is 11.3 Å². The predicted molar refractivity (Wildman–Crippen MR) is 81.3 cm³/mol. The molecule has 3 rings (SSSR count). The number of nitrogen functional groups attached to an aromatic ring is 1. The Morgan fingerprint density at radius 3 is 2.86 bits per heavy atom. The van der Waals surface area contributed by atoms with Gasteiger partial charge in [-0.25, -0.2) is 4.98 Å². The van der Waals surface area contributed by atoms with Gasteiger partial charge in [0.2, 0.25) is 0 Å². The Labute approximate surface area is 126 Å². The summed E-state index contributed by atoms with van der Waals surface area (Å²) >= 11 is 6.12. The molecule has 0 fully saturated rings. The maximum absolute atomic E-state index is 9.17. The third-order valence-corrected chi connectivity index (χ3v) is 3.53. The van der Waals surface area contributed by atoms with Gasteiger partial charge in [-0.15, -0.1) is 0 Å². The molecule has 2 heterocycles. The summed E-state index contributed by atoms with van der Waals surface area (Å²) in [5.74, 6) is 0.989.